The molecule has 0 aliphatic rings. The van der Waals surface area contributed by atoms with Gasteiger partial charge in [0, 0.05) is 15.0 Å². The molecule has 5 heavy (non-hydrogen) atoms. The number of hydrogen-bond acceptors (Lipinski definition) is 1. The van der Waals surface area contributed by atoms with Gasteiger partial charge in [-0.1, -0.05) is 0 Å². The number of rotatable bonds is 0. The molecular formula is CH7BrClNPb. The Hall–Kier alpha value is 1.65. The molecule has 0 spiro atoms. The van der Waals surface area contributed by atoms with Crippen LogP contribution in [0.3, 0.4) is 0 Å². The standard InChI is InChI=1S/CH5N.BrCl.Pb.2H/c2*1-2;;;/h2H2,1H3;;;;. The average molecular weight is 356 g/mol. The van der Waals surface area contributed by atoms with Crippen molar-refractivity contribution in [3.8, 4) is 0 Å². The van der Waals surface area contributed by atoms with E-state index in [-0.39, 0.29) is 27.3 Å². The van der Waals surface area contributed by atoms with Gasteiger partial charge in [0.2, 0.25) is 0 Å². The molecule has 0 rings (SSSR count). The first kappa shape index (κ1) is 15.9. The van der Waals surface area contributed by atoms with Gasteiger partial charge < -0.3 is 5.73 Å². The van der Waals surface area contributed by atoms with E-state index in [0.29, 0.717) is 0 Å². The SMILES string of the molecule is CN.ClBr.[PbH2]. The molecule has 0 amide bonds. The van der Waals surface area contributed by atoms with Gasteiger partial charge in [-0.05, 0) is 17.2 Å². The summed E-state index contributed by atoms with van der Waals surface area (Å²) >= 11 is 2.41. The summed E-state index contributed by atoms with van der Waals surface area (Å²) in [5.74, 6) is 0. The average Bonchev–Trinajstić information content (AvgIpc) is 1.50. The van der Waals surface area contributed by atoms with Crippen molar-refractivity contribution in [2.75, 3.05) is 7.05 Å². The van der Waals surface area contributed by atoms with Crippen LogP contribution >= 0.6 is 25.1 Å². The van der Waals surface area contributed by atoms with Crippen LogP contribution in [0, 0.1) is 0 Å². The Bertz CT molecular complexity index is 11.6. The van der Waals surface area contributed by atoms with Crippen LogP contribution in [-0.2, 0) is 0 Å². The van der Waals surface area contributed by atoms with E-state index in [1.807, 2.05) is 0 Å². The summed E-state index contributed by atoms with van der Waals surface area (Å²) < 4.78 is 0. The molecule has 0 atom stereocenters. The van der Waals surface area contributed by atoms with Gasteiger partial charge in [0.25, 0.3) is 0 Å². The zero-order valence-corrected chi connectivity index (χ0v) is 10.9. The van der Waals surface area contributed by atoms with Gasteiger partial charge in [0.15, 0.2) is 0 Å². The Morgan fingerprint density at radius 1 is 1.40 bits per heavy atom. The molecular weight excluding hydrogens is 349 g/mol. The fourth-order valence-electron chi connectivity index (χ4n) is 0. The van der Waals surface area contributed by atoms with E-state index in [4.69, 9.17) is 0 Å². The first-order chi connectivity index (χ1) is 2.00. The van der Waals surface area contributed by atoms with Crippen molar-refractivity contribution in [3.05, 3.63) is 0 Å². The third kappa shape index (κ3) is 27.6. The number of hydrogen-bond donors (Lipinski definition) is 1. The molecule has 0 bridgehead atoms. The van der Waals surface area contributed by atoms with Gasteiger partial charge in [-0.15, -0.1) is 0 Å². The van der Waals surface area contributed by atoms with Crippen LogP contribution < -0.4 is 5.73 Å². The van der Waals surface area contributed by atoms with Crippen molar-refractivity contribution in [1.82, 2.24) is 0 Å². The summed E-state index contributed by atoms with van der Waals surface area (Å²) in [7, 11) is 5.95. The molecule has 0 unspecified atom stereocenters. The van der Waals surface area contributed by atoms with Crippen molar-refractivity contribution < 1.29 is 0 Å². The molecule has 0 aromatic heterocycles. The molecule has 1 nitrogen and oxygen atoms in total. The molecule has 0 aliphatic heterocycles. The summed E-state index contributed by atoms with van der Waals surface area (Å²) in [5, 5.41) is 0. The second kappa shape index (κ2) is 44.8. The third-order valence-electron chi connectivity index (χ3n) is 0. The molecule has 0 aromatic carbocycles. The normalized spacial score (nSPS) is 2.40. The fourth-order valence-corrected chi connectivity index (χ4v) is 0. The van der Waals surface area contributed by atoms with Crippen molar-refractivity contribution in [3.63, 3.8) is 0 Å². The van der Waals surface area contributed by atoms with Gasteiger partial charge in [-0.2, -0.15) is 0 Å². The van der Waals surface area contributed by atoms with Gasteiger partial charge in [0.1, 0.15) is 0 Å². The summed E-state index contributed by atoms with van der Waals surface area (Å²) in [6, 6.07) is 0. The monoisotopic (exact) mass is 355 g/mol. The Labute approximate surface area is 64.8 Å². The van der Waals surface area contributed by atoms with Crippen molar-refractivity contribution in [1.29, 1.82) is 0 Å². The van der Waals surface area contributed by atoms with E-state index in [1.54, 1.807) is 0 Å². The van der Waals surface area contributed by atoms with Crippen LogP contribution in [0.25, 0.3) is 0 Å². The van der Waals surface area contributed by atoms with Crippen molar-refractivity contribution in [2.45, 2.75) is 0 Å². The van der Waals surface area contributed by atoms with Gasteiger partial charge >= 0.3 is 27.3 Å². The predicted molar refractivity (Wildman–Crippen MR) is 33.4 cm³/mol. The molecule has 0 aromatic rings. The van der Waals surface area contributed by atoms with E-state index in [0.717, 1.165) is 0 Å². The second-order valence-electron chi connectivity index (χ2n) is 0. The first-order valence-electron chi connectivity index (χ1n) is 0.720. The van der Waals surface area contributed by atoms with Crippen LogP contribution in [0.4, 0.5) is 0 Å². The number of nitrogens with two attached hydrogens (primary N) is 1. The summed E-state index contributed by atoms with van der Waals surface area (Å²) in [5.41, 5.74) is 4.50. The third-order valence-corrected chi connectivity index (χ3v) is 0. The van der Waals surface area contributed by atoms with Gasteiger partial charge in [-0.25, -0.2) is 0 Å². The minimum absolute atomic E-state index is 0. The molecule has 0 saturated carbocycles. The maximum atomic E-state index is 4.50. The zero-order chi connectivity index (χ0) is 4.00. The topological polar surface area (TPSA) is 26.0 Å². The molecule has 34 valence electrons. The Morgan fingerprint density at radius 3 is 1.40 bits per heavy atom. The van der Waals surface area contributed by atoms with Gasteiger partial charge in [-0.3, -0.25) is 0 Å². The van der Waals surface area contributed by atoms with E-state index in [2.05, 4.69) is 30.9 Å². The predicted octanol–water partition coefficient (Wildman–Crippen LogP) is 0.194. The molecule has 4 heteroatoms. The van der Waals surface area contributed by atoms with Crippen LogP contribution in [-0.4, -0.2) is 34.3 Å². The van der Waals surface area contributed by atoms with Crippen LogP contribution in [0.1, 0.15) is 0 Å². The van der Waals surface area contributed by atoms with E-state index in [9.17, 15) is 0 Å². The molecule has 2 radical (unpaired) electrons. The fraction of sp³-hybridized carbons (Fsp3) is 1.00. The molecule has 0 aliphatic carbocycles. The van der Waals surface area contributed by atoms with Crippen LogP contribution in [0.15, 0.2) is 0 Å². The number of halogens is 2. The van der Waals surface area contributed by atoms with Crippen LogP contribution in [0.2, 0.25) is 0 Å². The van der Waals surface area contributed by atoms with Crippen molar-refractivity contribution in [2.24, 2.45) is 5.73 Å². The maximum absolute atomic E-state index is 4.50. The second-order valence-corrected chi connectivity index (χ2v) is 0. The summed E-state index contributed by atoms with van der Waals surface area (Å²) in [6.45, 7) is 0. The molecule has 0 saturated heterocycles. The molecule has 0 fully saturated rings. The minimum atomic E-state index is 0. The van der Waals surface area contributed by atoms with E-state index >= 15 is 0 Å². The zero-order valence-electron chi connectivity index (χ0n) is 3.04. The van der Waals surface area contributed by atoms with Crippen molar-refractivity contribution >= 4 is 52.4 Å². The van der Waals surface area contributed by atoms with Crippen LogP contribution in [0.5, 0.6) is 0 Å². The van der Waals surface area contributed by atoms with E-state index in [1.165, 1.54) is 7.05 Å². The summed E-state index contributed by atoms with van der Waals surface area (Å²) in [4.78, 5) is 0. The first-order valence-corrected chi connectivity index (χ1v) is 2.80. The van der Waals surface area contributed by atoms with E-state index < -0.39 is 0 Å². The van der Waals surface area contributed by atoms with Gasteiger partial charge in [0.05, 0.1) is 0 Å². The Balaban J connectivity index is -0.0000000133. The Morgan fingerprint density at radius 2 is 1.40 bits per heavy atom. The Kier molecular flexibility index (Phi) is 143. The summed E-state index contributed by atoms with van der Waals surface area (Å²) in [6.07, 6.45) is 0. The molecule has 0 heterocycles. The quantitative estimate of drug-likeness (QED) is 0.617. The molecule has 2 N–H and O–H groups in total.